The predicted octanol–water partition coefficient (Wildman–Crippen LogP) is 0.652. The highest BCUT2D eigenvalue weighted by Crippen LogP contribution is 2.19. The van der Waals surface area contributed by atoms with Crippen molar-refractivity contribution in [3.05, 3.63) is 0 Å². The van der Waals surface area contributed by atoms with Crippen LogP contribution in [0.2, 0.25) is 0 Å². The first-order valence-corrected chi connectivity index (χ1v) is 6.16. The molecule has 2 atom stereocenters. The minimum Gasteiger partial charge on any atom is -0.394 e. The fraction of sp³-hybridized carbons (Fsp3) is 0.917. The standard InChI is InChI=1S/C12H24N2O2/c1-9(2)10(8-15)14-11(16)12(3)6-4-5-7-13-12/h9-10,13,15H,4-8H2,1-3H3,(H,14,16). The Kier molecular flexibility index (Phi) is 4.74. The minimum atomic E-state index is -0.458. The Labute approximate surface area is 97.8 Å². The Morgan fingerprint density at radius 2 is 2.19 bits per heavy atom. The fourth-order valence-corrected chi connectivity index (χ4v) is 2.00. The summed E-state index contributed by atoms with van der Waals surface area (Å²) in [6.45, 7) is 6.83. The van der Waals surface area contributed by atoms with Gasteiger partial charge < -0.3 is 15.7 Å². The Balaban J connectivity index is 2.55. The van der Waals surface area contributed by atoms with Crippen LogP contribution in [0.4, 0.5) is 0 Å². The van der Waals surface area contributed by atoms with Crippen molar-refractivity contribution in [1.29, 1.82) is 0 Å². The summed E-state index contributed by atoms with van der Waals surface area (Å²) in [5, 5.41) is 15.4. The van der Waals surface area contributed by atoms with E-state index in [4.69, 9.17) is 0 Å². The third-order valence-corrected chi connectivity index (χ3v) is 3.44. The molecule has 0 aromatic heterocycles. The second-order valence-electron chi connectivity index (χ2n) is 5.22. The molecule has 1 rings (SSSR count). The molecule has 1 saturated heterocycles. The molecular formula is C12H24N2O2. The molecule has 0 spiro atoms. The molecule has 0 saturated carbocycles. The van der Waals surface area contributed by atoms with Crippen LogP contribution in [0, 0.1) is 5.92 Å². The van der Waals surface area contributed by atoms with Crippen LogP contribution in [0.25, 0.3) is 0 Å². The lowest BCUT2D eigenvalue weighted by molar-refractivity contribution is -0.129. The highest BCUT2D eigenvalue weighted by Gasteiger charge is 2.35. The zero-order valence-corrected chi connectivity index (χ0v) is 10.5. The average Bonchev–Trinajstić information content (AvgIpc) is 2.26. The summed E-state index contributed by atoms with van der Waals surface area (Å²) in [4.78, 5) is 12.1. The molecule has 1 fully saturated rings. The molecule has 2 unspecified atom stereocenters. The van der Waals surface area contributed by atoms with Crippen molar-refractivity contribution in [1.82, 2.24) is 10.6 Å². The van der Waals surface area contributed by atoms with Crippen molar-refractivity contribution in [3.8, 4) is 0 Å². The molecule has 4 nitrogen and oxygen atoms in total. The maximum atomic E-state index is 12.1. The minimum absolute atomic E-state index is 0.000509. The first-order valence-electron chi connectivity index (χ1n) is 6.16. The number of aliphatic hydroxyl groups excluding tert-OH is 1. The zero-order valence-electron chi connectivity index (χ0n) is 10.5. The predicted molar refractivity (Wildman–Crippen MR) is 64.1 cm³/mol. The summed E-state index contributed by atoms with van der Waals surface area (Å²) in [5.74, 6) is 0.265. The second-order valence-corrected chi connectivity index (χ2v) is 5.22. The number of hydrogen-bond donors (Lipinski definition) is 3. The highest BCUT2D eigenvalue weighted by atomic mass is 16.3. The maximum absolute atomic E-state index is 12.1. The second kappa shape index (κ2) is 5.64. The van der Waals surface area contributed by atoms with Crippen molar-refractivity contribution >= 4 is 5.91 Å². The molecule has 0 radical (unpaired) electrons. The lowest BCUT2D eigenvalue weighted by atomic mass is 9.89. The average molecular weight is 228 g/mol. The highest BCUT2D eigenvalue weighted by molar-refractivity contribution is 5.86. The van der Waals surface area contributed by atoms with Crippen molar-refractivity contribution in [2.75, 3.05) is 13.2 Å². The van der Waals surface area contributed by atoms with Crippen LogP contribution in [0.1, 0.15) is 40.0 Å². The number of carbonyl (C=O) groups is 1. The largest absolute Gasteiger partial charge is 0.394 e. The molecule has 16 heavy (non-hydrogen) atoms. The van der Waals surface area contributed by atoms with Crippen LogP contribution < -0.4 is 10.6 Å². The molecular weight excluding hydrogens is 204 g/mol. The smallest absolute Gasteiger partial charge is 0.240 e. The van der Waals surface area contributed by atoms with Crippen LogP contribution in [-0.2, 0) is 4.79 Å². The van der Waals surface area contributed by atoms with Gasteiger partial charge in [-0.05, 0) is 38.6 Å². The molecule has 0 bridgehead atoms. The van der Waals surface area contributed by atoms with Gasteiger partial charge in [-0.3, -0.25) is 4.79 Å². The van der Waals surface area contributed by atoms with E-state index in [1.54, 1.807) is 0 Å². The van der Waals surface area contributed by atoms with E-state index in [0.717, 1.165) is 25.8 Å². The third-order valence-electron chi connectivity index (χ3n) is 3.44. The van der Waals surface area contributed by atoms with E-state index in [2.05, 4.69) is 10.6 Å². The Morgan fingerprint density at radius 1 is 1.50 bits per heavy atom. The quantitative estimate of drug-likeness (QED) is 0.662. The molecule has 4 heteroatoms. The van der Waals surface area contributed by atoms with Gasteiger partial charge in [0.05, 0.1) is 18.2 Å². The number of amides is 1. The van der Waals surface area contributed by atoms with Gasteiger partial charge in [0.1, 0.15) is 0 Å². The van der Waals surface area contributed by atoms with E-state index in [1.807, 2.05) is 20.8 Å². The number of piperidine rings is 1. The Hall–Kier alpha value is -0.610. The Morgan fingerprint density at radius 3 is 2.62 bits per heavy atom. The lowest BCUT2D eigenvalue weighted by Gasteiger charge is -2.35. The molecule has 1 aliphatic heterocycles. The molecule has 0 aromatic carbocycles. The molecule has 1 heterocycles. The summed E-state index contributed by atoms with van der Waals surface area (Å²) in [6.07, 6.45) is 3.09. The molecule has 3 N–H and O–H groups in total. The summed E-state index contributed by atoms with van der Waals surface area (Å²) in [5.41, 5.74) is -0.458. The lowest BCUT2D eigenvalue weighted by Crippen LogP contribution is -2.59. The van der Waals surface area contributed by atoms with Gasteiger partial charge in [0.2, 0.25) is 5.91 Å². The summed E-state index contributed by atoms with van der Waals surface area (Å²) >= 11 is 0. The van der Waals surface area contributed by atoms with Crippen LogP contribution in [-0.4, -0.2) is 35.7 Å². The maximum Gasteiger partial charge on any atom is 0.240 e. The van der Waals surface area contributed by atoms with Crippen molar-refractivity contribution in [2.45, 2.75) is 51.6 Å². The topological polar surface area (TPSA) is 61.4 Å². The van der Waals surface area contributed by atoms with Gasteiger partial charge in [0.25, 0.3) is 0 Å². The van der Waals surface area contributed by atoms with Crippen LogP contribution in [0.15, 0.2) is 0 Å². The van der Waals surface area contributed by atoms with Gasteiger partial charge in [-0.15, -0.1) is 0 Å². The van der Waals surface area contributed by atoms with E-state index in [9.17, 15) is 9.90 Å². The molecule has 1 amide bonds. The fourth-order valence-electron chi connectivity index (χ4n) is 2.00. The SMILES string of the molecule is CC(C)C(CO)NC(=O)C1(C)CCCCN1. The Bertz CT molecular complexity index is 235. The van der Waals surface area contributed by atoms with Gasteiger partial charge in [0.15, 0.2) is 0 Å². The molecule has 0 aromatic rings. The van der Waals surface area contributed by atoms with E-state index in [0.29, 0.717) is 0 Å². The van der Waals surface area contributed by atoms with Gasteiger partial charge in [-0.1, -0.05) is 13.8 Å². The molecule has 94 valence electrons. The van der Waals surface area contributed by atoms with Crippen molar-refractivity contribution in [3.63, 3.8) is 0 Å². The molecule has 1 aliphatic rings. The number of aliphatic hydroxyl groups is 1. The molecule has 0 aliphatic carbocycles. The summed E-state index contributed by atoms with van der Waals surface area (Å²) < 4.78 is 0. The number of carbonyl (C=O) groups excluding carboxylic acids is 1. The van der Waals surface area contributed by atoms with E-state index in [-0.39, 0.29) is 24.5 Å². The zero-order chi connectivity index (χ0) is 12.2. The first kappa shape index (κ1) is 13.5. The monoisotopic (exact) mass is 228 g/mol. The summed E-state index contributed by atoms with van der Waals surface area (Å²) in [6, 6.07) is -0.145. The van der Waals surface area contributed by atoms with E-state index >= 15 is 0 Å². The number of nitrogens with one attached hydrogen (secondary N) is 2. The van der Waals surface area contributed by atoms with Crippen LogP contribution in [0.5, 0.6) is 0 Å². The van der Waals surface area contributed by atoms with Gasteiger partial charge in [-0.25, -0.2) is 0 Å². The van der Waals surface area contributed by atoms with Gasteiger partial charge >= 0.3 is 0 Å². The van der Waals surface area contributed by atoms with E-state index < -0.39 is 5.54 Å². The van der Waals surface area contributed by atoms with Gasteiger partial charge in [-0.2, -0.15) is 0 Å². The summed E-state index contributed by atoms with van der Waals surface area (Å²) in [7, 11) is 0. The van der Waals surface area contributed by atoms with Crippen LogP contribution >= 0.6 is 0 Å². The number of hydrogen-bond acceptors (Lipinski definition) is 3. The normalized spacial score (nSPS) is 27.8. The number of rotatable bonds is 4. The van der Waals surface area contributed by atoms with Crippen molar-refractivity contribution < 1.29 is 9.90 Å². The van der Waals surface area contributed by atoms with Crippen LogP contribution in [0.3, 0.4) is 0 Å². The van der Waals surface area contributed by atoms with E-state index in [1.165, 1.54) is 0 Å². The first-order chi connectivity index (χ1) is 7.49. The van der Waals surface area contributed by atoms with Gasteiger partial charge in [0, 0.05) is 0 Å². The van der Waals surface area contributed by atoms with Crippen molar-refractivity contribution in [2.24, 2.45) is 5.92 Å². The third kappa shape index (κ3) is 3.19.